The third-order valence-corrected chi connectivity index (χ3v) is 3.51. The van der Waals surface area contributed by atoms with E-state index in [0.29, 0.717) is 6.61 Å². The van der Waals surface area contributed by atoms with Gasteiger partial charge < -0.3 is 15.8 Å². The number of nitrogens with zero attached hydrogens (tertiary/aromatic N) is 2. The van der Waals surface area contributed by atoms with Gasteiger partial charge in [0, 0.05) is 12.6 Å². The van der Waals surface area contributed by atoms with Gasteiger partial charge in [0.25, 0.3) is 0 Å². The molecule has 3 rings (SSSR count). The van der Waals surface area contributed by atoms with Crippen molar-refractivity contribution in [3.8, 4) is 0 Å². The molecule has 0 radical (unpaired) electrons. The highest BCUT2D eigenvalue weighted by molar-refractivity contribution is 5.75. The molecule has 0 aliphatic heterocycles. The summed E-state index contributed by atoms with van der Waals surface area (Å²) in [6, 6.07) is 8.05. The van der Waals surface area contributed by atoms with E-state index in [1.165, 1.54) is 0 Å². The molecule has 1 aromatic carbocycles. The Morgan fingerprint density at radius 2 is 2.16 bits per heavy atom. The van der Waals surface area contributed by atoms with Crippen LogP contribution >= 0.6 is 0 Å². The topological polar surface area (TPSA) is 73.1 Å². The SMILES string of the molecule is CCOC1CC(N)C1Nc1cnc2ccccc2n1. The lowest BCUT2D eigenvalue weighted by Gasteiger charge is -2.42. The molecule has 0 bridgehead atoms. The van der Waals surface area contributed by atoms with Crippen LogP contribution < -0.4 is 11.1 Å². The third-order valence-electron chi connectivity index (χ3n) is 3.51. The Hall–Kier alpha value is -1.72. The number of hydrogen-bond acceptors (Lipinski definition) is 5. The molecule has 0 saturated heterocycles. The largest absolute Gasteiger partial charge is 0.376 e. The fourth-order valence-corrected chi connectivity index (χ4v) is 2.42. The van der Waals surface area contributed by atoms with Crippen LogP contribution in [-0.4, -0.2) is 34.8 Å². The molecule has 1 saturated carbocycles. The second kappa shape index (κ2) is 5.11. The smallest absolute Gasteiger partial charge is 0.145 e. The third kappa shape index (κ3) is 2.39. The number of fused-ring (bicyclic) bond motifs is 1. The van der Waals surface area contributed by atoms with Gasteiger partial charge in [0.1, 0.15) is 5.82 Å². The number of anilines is 1. The average molecular weight is 258 g/mol. The molecule has 1 fully saturated rings. The molecule has 3 unspecified atom stereocenters. The molecule has 0 spiro atoms. The van der Waals surface area contributed by atoms with Crippen molar-refractivity contribution >= 4 is 16.9 Å². The standard InChI is InChI=1S/C14H18N4O/c1-2-19-12-7-9(15)14(12)18-13-8-16-10-5-3-4-6-11(10)17-13/h3-6,8-9,12,14H,2,7,15H2,1H3,(H,17,18). The summed E-state index contributed by atoms with van der Waals surface area (Å²) in [7, 11) is 0. The predicted octanol–water partition coefficient (Wildman–Crippen LogP) is 1.55. The molecule has 5 heteroatoms. The fourth-order valence-electron chi connectivity index (χ4n) is 2.42. The molecule has 1 aliphatic carbocycles. The van der Waals surface area contributed by atoms with Crippen molar-refractivity contribution in [2.75, 3.05) is 11.9 Å². The minimum Gasteiger partial charge on any atom is -0.376 e. The highest BCUT2D eigenvalue weighted by Crippen LogP contribution is 2.26. The molecule has 5 nitrogen and oxygen atoms in total. The van der Waals surface area contributed by atoms with Gasteiger partial charge in [-0.3, -0.25) is 4.98 Å². The number of benzene rings is 1. The highest BCUT2D eigenvalue weighted by Gasteiger charge is 2.39. The Labute approximate surface area is 112 Å². The monoisotopic (exact) mass is 258 g/mol. The average Bonchev–Trinajstić information content (AvgIpc) is 2.44. The minimum atomic E-state index is 0.116. The van der Waals surface area contributed by atoms with Crippen LogP contribution in [0.3, 0.4) is 0 Å². The van der Waals surface area contributed by atoms with Gasteiger partial charge in [0.05, 0.1) is 29.4 Å². The first-order valence-electron chi connectivity index (χ1n) is 6.63. The molecule has 1 heterocycles. The van der Waals surface area contributed by atoms with E-state index in [2.05, 4.69) is 15.3 Å². The van der Waals surface area contributed by atoms with Crippen LogP contribution in [0.25, 0.3) is 11.0 Å². The highest BCUT2D eigenvalue weighted by atomic mass is 16.5. The first kappa shape index (κ1) is 12.3. The second-order valence-electron chi connectivity index (χ2n) is 4.81. The summed E-state index contributed by atoms with van der Waals surface area (Å²) < 4.78 is 5.63. The van der Waals surface area contributed by atoms with E-state index >= 15 is 0 Å². The maximum Gasteiger partial charge on any atom is 0.145 e. The lowest BCUT2D eigenvalue weighted by atomic mass is 9.83. The Morgan fingerprint density at radius 3 is 2.89 bits per heavy atom. The van der Waals surface area contributed by atoms with E-state index < -0.39 is 0 Å². The number of nitrogens with two attached hydrogens (primary N) is 1. The van der Waals surface area contributed by atoms with Crippen LogP contribution in [0, 0.1) is 0 Å². The number of nitrogens with one attached hydrogen (secondary N) is 1. The van der Waals surface area contributed by atoms with Gasteiger partial charge in [-0.05, 0) is 25.5 Å². The van der Waals surface area contributed by atoms with E-state index in [9.17, 15) is 0 Å². The quantitative estimate of drug-likeness (QED) is 0.870. The maximum atomic E-state index is 6.01. The number of hydrogen-bond donors (Lipinski definition) is 2. The Kier molecular flexibility index (Phi) is 3.31. The summed E-state index contributed by atoms with van der Waals surface area (Å²) in [6.07, 6.45) is 2.82. The normalized spacial score (nSPS) is 26.1. The van der Waals surface area contributed by atoms with Crippen molar-refractivity contribution in [1.82, 2.24) is 9.97 Å². The molecule has 3 N–H and O–H groups in total. The van der Waals surface area contributed by atoms with Gasteiger partial charge in [-0.2, -0.15) is 0 Å². The first-order chi connectivity index (χ1) is 9.28. The Balaban J connectivity index is 1.77. The Bertz CT molecular complexity index is 572. The van der Waals surface area contributed by atoms with E-state index in [1.54, 1.807) is 6.20 Å². The van der Waals surface area contributed by atoms with Gasteiger partial charge in [0.2, 0.25) is 0 Å². The molecule has 0 amide bonds. The van der Waals surface area contributed by atoms with Gasteiger partial charge in [-0.25, -0.2) is 4.98 Å². The lowest BCUT2D eigenvalue weighted by molar-refractivity contribution is -0.0127. The zero-order valence-corrected chi connectivity index (χ0v) is 10.9. The van der Waals surface area contributed by atoms with Crippen LogP contribution in [0.4, 0.5) is 5.82 Å². The number of aromatic nitrogens is 2. The van der Waals surface area contributed by atoms with Crippen molar-refractivity contribution in [2.24, 2.45) is 5.73 Å². The van der Waals surface area contributed by atoms with Crippen LogP contribution in [0.1, 0.15) is 13.3 Å². The minimum absolute atomic E-state index is 0.116. The van der Waals surface area contributed by atoms with Crippen LogP contribution in [-0.2, 0) is 4.74 Å². The van der Waals surface area contributed by atoms with Gasteiger partial charge in [-0.1, -0.05) is 12.1 Å². The second-order valence-corrected chi connectivity index (χ2v) is 4.81. The summed E-state index contributed by atoms with van der Waals surface area (Å²) in [5, 5.41) is 3.33. The van der Waals surface area contributed by atoms with Gasteiger partial charge in [0.15, 0.2) is 0 Å². The number of rotatable bonds is 4. The summed E-state index contributed by atoms with van der Waals surface area (Å²) in [4.78, 5) is 8.92. The number of para-hydroxylation sites is 2. The number of ether oxygens (including phenoxy) is 1. The van der Waals surface area contributed by atoms with Crippen molar-refractivity contribution in [3.63, 3.8) is 0 Å². The van der Waals surface area contributed by atoms with Gasteiger partial charge in [-0.15, -0.1) is 0 Å². The summed E-state index contributed by atoms with van der Waals surface area (Å²) in [6.45, 7) is 2.70. The Morgan fingerprint density at radius 1 is 1.37 bits per heavy atom. The van der Waals surface area contributed by atoms with Crippen molar-refractivity contribution in [1.29, 1.82) is 0 Å². The van der Waals surface area contributed by atoms with Crippen molar-refractivity contribution in [2.45, 2.75) is 31.5 Å². The molecule has 19 heavy (non-hydrogen) atoms. The lowest BCUT2D eigenvalue weighted by Crippen LogP contribution is -2.60. The first-order valence-corrected chi connectivity index (χ1v) is 6.63. The van der Waals surface area contributed by atoms with Gasteiger partial charge >= 0.3 is 0 Å². The molecule has 100 valence electrons. The maximum absolute atomic E-state index is 6.01. The van der Waals surface area contributed by atoms with Crippen LogP contribution in [0.5, 0.6) is 0 Å². The predicted molar refractivity (Wildman–Crippen MR) is 75.0 cm³/mol. The summed E-state index contributed by atoms with van der Waals surface area (Å²) in [5.41, 5.74) is 7.79. The van der Waals surface area contributed by atoms with Crippen LogP contribution in [0.15, 0.2) is 30.5 Å². The van der Waals surface area contributed by atoms with E-state index in [-0.39, 0.29) is 18.2 Å². The molecule has 1 aliphatic rings. The van der Waals surface area contributed by atoms with E-state index in [0.717, 1.165) is 23.3 Å². The molecule has 2 aromatic rings. The molecule has 1 aromatic heterocycles. The summed E-state index contributed by atoms with van der Waals surface area (Å²) in [5.74, 6) is 0.753. The molecule has 3 atom stereocenters. The zero-order chi connectivity index (χ0) is 13.2. The summed E-state index contributed by atoms with van der Waals surface area (Å²) >= 11 is 0. The van der Waals surface area contributed by atoms with E-state index in [4.69, 9.17) is 10.5 Å². The molecular weight excluding hydrogens is 240 g/mol. The van der Waals surface area contributed by atoms with Crippen molar-refractivity contribution in [3.05, 3.63) is 30.5 Å². The fraction of sp³-hybridized carbons (Fsp3) is 0.429. The molecular formula is C14H18N4O. The van der Waals surface area contributed by atoms with Crippen molar-refractivity contribution < 1.29 is 4.74 Å². The zero-order valence-electron chi connectivity index (χ0n) is 10.9. The van der Waals surface area contributed by atoms with E-state index in [1.807, 2.05) is 31.2 Å². The van der Waals surface area contributed by atoms with Crippen LogP contribution in [0.2, 0.25) is 0 Å².